The van der Waals surface area contributed by atoms with Crippen molar-refractivity contribution in [2.24, 2.45) is 0 Å². The summed E-state index contributed by atoms with van der Waals surface area (Å²) in [5, 5.41) is 19.1. The highest BCUT2D eigenvalue weighted by atomic mass is 32.1. The van der Waals surface area contributed by atoms with Gasteiger partial charge in [-0.2, -0.15) is 15.0 Å². The summed E-state index contributed by atoms with van der Waals surface area (Å²) in [6.45, 7) is 2.82. The summed E-state index contributed by atoms with van der Waals surface area (Å²) in [6.07, 6.45) is 1.81. The number of aromatic nitrogens is 4. The number of aromatic hydroxyl groups is 1. The molecule has 0 aliphatic rings. The van der Waals surface area contributed by atoms with Gasteiger partial charge in [-0.1, -0.05) is 13.3 Å². The van der Waals surface area contributed by atoms with E-state index in [1.54, 1.807) is 6.07 Å². The third-order valence-corrected chi connectivity index (χ3v) is 4.74. The van der Waals surface area contributed by atoms with Crippen LogP contribution < -0.4 is 10.5 Å². The van der Waals surface area contributed by atoms with Crippen LogP contribution in [0.25, 0.3) is 11.2 Å². The second-order valence-electron chi connectivity index (χ2n) is 5.70. The highest BCUT2D eigenvalue weighted by Crippen LogP contribution is 2.27. The number of carboxylic acids is 1. The molecule has 3 aromatic rings. The molecule has 0 aliphatic heterocycles. The first kappa shape index (κ1) is 17.9. The minimum Gasteiger partial charge on any atom is -0.481 e. The molecule has 4 N–H and O–H groups in total. The van der Waals surface area contributed by atoms with Crippen molar-refractivity contribution in [1.82, 2.24) is 19.5 Å². The first-order chi connectivity index (χ1) is 12.5. The Balaban J connectivity index is 1.90. The normalized spacial score (nSPS) is 11.1. The first-order valence-electron chi connectivity index (χ1n) is 8.12. The molecule has 0 unspecified atom stereocenters. The molecule has 0 aromatic carbocycles. The van der Waals surface area contributed by atoms with Crippen molar-refractivity contribution in [3.63, 3.8) is 0 Å². The Morgan fingerprint density at radius 3 is 2.81 bits per heavy atom. The van der Waals surface area contributed by atoms with Gasteiger partial charge in [0.15, 0.2) is 17.0 Å². The Bertz CT molecular complexity index is 936. The van der Waals surface area contributed by atoms with Gasteiger partial charge < -0.3 is 20.7 Å². The van der Waals surface area contributed by atoms with Crippen molar-refractivity contribution >= 4 is 34.3 Å². The van der Waals surface area contributed by atoms with Gasteiger partial charge in [-0.05, 0) is 18.6 Å². The zero-order valence-corrected chi connectivity index (χ0v) is 15.0. The summed E-state index contributed by atoms with van der Waals surface area (Å²) in [7, 11) is 0. The van der Waals surface area contributed by atoms with Crippen LogP contribution in [0.3, 0.4) is 0 Å². The van der Waals surface area contributed by atoms with Crippen LogP contribution in [-0.2, 0) is 17.8 Å². The topological polar surface area (TPSA) is 136 Å². The zero-order chi connectivity index (χ0) is 18.7. The number of nitrogens with zero attached hydrogens (tertiary/aromatic N) is 4. The molecule has 0 saturated heterocycles. The van der Waals surface area contributed by atoms with Gasteiger partial charge in [0.1, 0.15) is 0 Å². The van der Waals surface area contributed by atoms with Crippen LogP contribution in [0, 0.1) is 0 Å². The second kappa shape index (κ2) is 7.56. The molecular formula is C16H19N5O4S. The SMILES string of the molecule is CCCCOc1nc(N)c2nc(O)n(Cc3ccc(CC(=O)O)s3)c2n1. The molecule has 26 heavy (non-hydrogen) atoms. The predicted molar refractivity (Wildman–Crippen MR) is 96.6 cm³/mol. The monoisotopic (exact) mass is 377 g/mol. The average Bonchev–Trinajstić information content (AvgIpc) is 3.13. The van der Waals surface area contributed by atoms with Gasteiger partial charge in [-0.25, -0.2) is 0 Å². The number of imidazole rings is 1. The van der Waals surface area contributed by atoms with Gasteiger partial charge in [0.2, 0.25) is 0 Å². The van der Waals surface area contributed by atoms with Gasteiger partial charge in [0, 0.05) is 9.75 Å². The summed E-state index contributed by atoms with van der Waals surface area (Å²) in [6, 6.07) is 3.48. The maximum atomic E-state index is 10.8. The molecule has 0 amide bonds. The number of thiophene rings is 1. The summed E-state index contributed by atoms with van der Waals surface area (Å²) in [5.41, 5.74) is 6.58. The Kier molecular flexibility index (Phi) is 5.21. The molecule has 0 radical (unpaired) electrons. The smallest absolute Gasteiger partial charge is 0.320 e. The lowest BCUT2D eigenvalue weighted by Gasteiger charge is -2.06. The largest absolute Gasteiger partial charge is 0.481 e. The van der Waals surface area contributed by atoms with Crippen molar-refractivity contribution < 1.29 is 19.7 Å². The standard InChI is InChI=1S/C16H19N5O4S/c1-2-3-6-25-15-19-13(17)12-14(20-15)21(16(24)18-12)8-10-5-4-9(26-10)7-11(22)23/h4-5H,2-3,6-8H2,1H3,(H,18,24)(H,22,23)(H2,17,19,20). The van der Waals surface area contributed by atoms with Crippen molar-refractivity contribution in [3.8, 4) is 12.0 Å². The molecule has 0 aliphatic carbocycles. The van der Waals surface area contributed by atoms with Crippen LogP contribution in [0.5, 0.6) is 12.0 Å². The lowest BCUT2D eigenvalue weighted by Crippen LogP contribution is -2.05. The van der Waals surface area contributed by atoms with Crippen LogP contribution in [0.1, 0.15) is 29.5 Å². The van der Waals surface area contributed by atoms with Gasteiger partial charge in [0.25, 0.3) is 6.01 Å². The number of ether oxygens (including phenoxy) is 1. The molecule has 0 atom stereocenters. The number of hydrogen-bond donors (Lipinski definition) is 3. The van der Waals surface area contributed by atoms with E-state index in [-0.39, 0.29) is 30.8 Å². The number of carboxylic acid groups (broad SMARTS) is 1. The highest BCUT2D eigenvalue weighted by molar-refractivity contribution is 7.12. The quantitative estimate of drug-likeness (QED) is 0.507. The molecule has 0 bridgehead atoms. The van der Waals surface area contributed by atoms with Gasteiger partial charge >= 0.3 is 12.0 Å². The van der Waals surface area contributed by atoms with Crippen molar-refractivity contribution in [1.29, 1.82) is 0 Å². The van der Waals surface area contributed by atoms with E-state index >= 15 is 0 Å². The third-order valence-electron chi connectivity index (χ3n) is 3.67. The van der Waals surface area contributed by atoms with E-state index in [4.69, 9.17) is 15.6 Å². The Morgan fingerprint density at radius 1 is 1.31 bits per heavy atom. The van der Waals surface area contributed by atoms with Crippen LogP contribution in [0.4, 0.5) is 5.82 Å². The van der Waals surface area contributed by atoms with E-state index in [1.807, 2.05) is 6.07 Å². The molecule has 3 heterocycles. The maximum Gasteiger partial charge on any atom is 0.320 e. The van der Waals surface area contributed by atoms with E-state index < -0.39 is 5.97 Å². The first-order valence-corrected chi connectivity index (χ1v) is 8.94. The number of hydrogen-bond acceptors (Lipinski definition) is 8. The summed E-state index contributed by atoms with van der Waals surface area (Å²) in [4.78, 5) is 24.8. The van der Waals surface area contributed by atoms with Crippen LogP contribution >= 0.6 is 11.3 Å². The van der Waals surface area contributed by atoms with E-state index in [0.717, 1.165) is 22.6 Å². The molecule has 0 spiro atoms. The number of rotatable bonds is 8. The van der Waals surface area contributed by atoms with E-state index in [1.165, 1.54) is 15.9 Å². The molecule has 10 heteroatoms. The van der Waals surface area contributed by atoms with Crippen LogP contribution in [0.15, 0.2) is 12.1 Å². The van der Waals surface area contributed by atoms with Gasteiger partial charge in [-0.15, -0.1) is 11.3 Å². The van der Waals surface area contributed by atoms with Crippen molar-refractivity contribution in [3.05, 3.63) is 21.9 Å². The molecule has 9 nitrogen and oxygen atoms in total. The fourth-order valence-corrected chi connectivity index (χ4v) is 3.41. The highest BCUT2D eigenvalue weighted by Gasteiger charge is 2.18. The molecule has 138 valence electrons. The predicted octanol–water partition coefficient (Wildman–Crippen LogP) is 2.03. The van der Waals surface area contributed by atoms with Gasteiger partial charge in [0.05, 0.1) is 19.6 Å². The molecule has 0 saturated carbocycles. The van der Waals surface area contributed by atoms with Crippen LogP contribution in [0.2, 0.25) is 0 Å². The van der Waals surface area contributed by atoms with Crippen molar-refractivity contribution in [2.75, 3.05) is 12.3 Å². The van der Waals surface area contributed by atoms with Crippen molar-refractivity contribution in [2.45, 2.75) is 32.7 Å². The molecule has 3 rings (SSSR count). The number of fused-ring (bicyclic) bond motifs is 1. The zero-order valence-electron chi connectivity index (χ0n) is 14.2. The maximum absolute atomic E-state index is 10.8. The van der Waals surface area contributed by atoms with Gasteiger partial charge in [-0.3, -0.25) is 9.36 Å². The minimum atomic E-state index is -0.885. The third kappa shape index (κ3) is 3.85. The average molecular weight is 377 g/mol. The Labute approximate surface area is 153 Å². The number of carbonyl (C=O) groups is 1. The van der Waals surface area contributed by atoms with E-state index in [0.29, 0.717) is 17.8 Å². The summed E-state index contributed by atoms with van der Waals surface area (Å²) >= 11 is 1.36. The number of nitrogen functional groups attached to an aromatic ring is 1. The lowest BCUT2D eigenvalue weighted by molar-refractivity contribution is -0.136. The molecule has 3 aromatic heterocycles. The second-order valence-corrected chi connectivity index (χ2v) is 6.96. The van der Waals surface area contributed by atoms with E-state index in [2.05, 4.69) is 21.9 Å². The fraction of sp³-hybridized carbons (Fsp3) is 0.375. The molecular weight excluding hydrogens is 358 g/mol. The molecule has 0 fully saturated rings. The summed E-state index contributed by atoms with van der Waals surface area (Å²) in [5.74, 6) is -0.753. The Hall–Kier alpha value is -2.88. The van der Waals surface area contributed by atoms with E-state index in [9.17, 15) is 9.90 Å². The number of aliphatic carboxylic acids is 1. The van der Waals surface area contributed by atoms with Crippen LogP contribution in [-0.4, -0.2) is 42.3 Å². The number of anilines is 1. The lowest BCUT2D eigenvalue weighted by atomic mass is 10.3. The summed E-state index contributed by atoms with van der Waals surface area (Å²) < 4.78 is 7.01. The fourth-order valence-electron chi connectivity index (χ4n) is 2.41. The number of unbranched alkanes of at least 4 members (excludes halogenated alkanes) is 1. The Morgan fingerprint density at radius 2 is 2.08 bits per heavy atom. The minimum absolute atomic E-state index is 0.0359. The number of nitrogens with two attached hydrogens (primary N) is 1.